The summed E-state index contributed by atoms with van der Waals surface area (Å²) in [7, 11) is 0. The Hall–Kier alpha value is -2.64. The Labute approximate surface area is 127 Å². The summed E-state index contributed by atoms with van der Waals surface area (Å²) < 4.78 is 4.83. The molecule has 0 fully saturated rings. The van der Waals surface area contributed by atoms with Gasteiger partial charge in [0.25, 0.3) is 11.6 Å². The minimum atomic E-state index is -0.824. The van der Waals surface area contributed by atoms with Crippen LogP contribution in [0.25, 0.3) is 0 Å². The third-order valence-electron chi connectivity index (χ3n) is 3.19. The Balaban J connectivity index is 2.65. The zero-order chi connectivity index (χ0) is 16.9. The van der Waals surface area contributed by atoms with E-state index in [0.29, 0.717) is 0 Å². The van der Waals surface area contributed by atoms with E-state index in [-0.39, 0.29) is 28.9 Å². The number of esters is 1. The van der Waals surface area contributed by atoms with Crippen molar-refractivity contribution in [3.8, 4) is 0 Å². The number of nitrogen functional groups attached to an aromatic ring is 1. The van der Waals surface area contributed by atoms with E-state index in [4.69, 9.17) is 10.5 Å². The molecule has 1 aromatic carbocycles. The van der Waals surface area contributed by atoms with Crippen LogP contribution in [0.2, 0.25) is 0 Å². The number of nitro benzene ring substituents is 1. The predicted molar refractivity (Wildman–Crippen MR) is 80.2 cm³/mol. The first-order chi connectivity index (χ1) is 10.2. The van der Waals surface area contributed by atoms with E-state index in [1.54, 1.807) is 0 Å². The van der Waals surface area contributed by atoms with Crippen molar-refractivity contribution in [1.82, 2.24) is 5.32 Å². The fourth-order valence-corrected chi connectivity index (χ4v) is 1.51. The molecule has 8 heteroatoms. The standard InChI is InChI=1S/C14H19N3O5/c1-8(2)9(3)16-13(18)7-22-14(19)10-4-5-11(15)12(6-10)17(20)21/h4-6,8-9H,7,15H2,1-3H3,(H,16,18)/t9-/m0/s1. The number of ether oxygens (including phenoxy) is 1. The molecule has 0 aliphatic rings. The molecule has 0 heterocycles. The summed E-state index contributed by atoms with van der Waals surface area (Å²) in [6.45, 7) is 5.29. The Kier molecular flexibility index (Phi) is 5.85. The average Bonchev–Trinajstić information content (AvgIpc) is 2.44. The number of nitro groups is 1. The van der Waals surface area contributed by atoms with E-state index in [1.165, 1.54) is 12.1 Å². The Morgan fingerprint density at radius 1 is 1.36 bits per heavy atom. The molecule has 8 nitrogen and oxygen atoms in total. The van der Waals surface area contributed by atoms with Crippen molar-refractivity contribution >= 4 is 23.3 Å². The number of nitrogens with zero attached hydrogens (tertiary/aromatic N) is 1. The molecule has 0 bridgehead atoms. The van der Waals surface area contributed by atoms with E-state index < -0.39 is 23.4 Å². The van der Waals surface area contributed by atoms with Crippen molar-refractivity contribution in [2.75, 3.05) is 12.3 Å². The molecule has 1 aromatic rings. The van der Waals surface area contributed by atoms with Crippen molar-refractivity contribution in [3.63, 3.8) is 0 Å². The number of amides is 1. The minimum absolute atomic E-state index is 0.0365. The van der Waals surface area contributed by atoms with Gasteiger partial charge in [0, 0.05) is 12.1 Å². The highest BCUT2D eigenvalue weighted by Crippen LogP contribution is 2.22. The second-order valence-electron chi connectivity index (χ2n) is 5.21. The number of benzene rings is 1. The first kappa shape index (κ1) is 17.4. The summed E-state index contributed by atoms with van der Waals surface area (Å²) >= 11 is 0. The smallest absolute Gasteiger partial charge is 0.338 e. The van der Waals surface area contributed by atoms with Crippen LogP contribution in [0.5, 0.6) is 0 Å². The highest BCUT2D eigenvalue weighted by Gasteiger charge is 2.18. The van der Waals surface area contributed by atoms with Crippen molar-refractivity contribution in [3.05, 3.63) is 33.9 Å². The van der Waals surface area contributed by atoms with Gasteiger partial charge in [-0.15, -0.1) is 0 Å². The number of hydrogen-bond acceptors (Lipinski definition) is 6. The lowest BCUT2D eigenvalue weighted by molar-refractivity contribution is -0.383. The summed E-state index contributed by atoms with van der Waals surface area (Å²) in [6, 6.07) is 3.52. The molecule has 0 aromatic heterocycles. The molecule has 0 aliphatic carbocycles. The highest BCUT2D eigenvalue weighted by molar-refractivity contribution is 5.92. The first-order valence-electron chi connectivity index (χ1n) is 6.72. The topological polar surface area (TPSA) is 125 Å². The Bertz CT molecular complexity index is 586. The van der Waals surface area contributed by atoms with Gasteiger partial charge in [-0.1, -0.05) is 13.8 Å². The Morgan fingerprint density at radius 2 is 2.00 bits per heavy atom. The number of anilines is 1. The third kappa shape index (κ3) is 4.72. The molecule has 120 valence electrons. The molecule has 22 heavy (non-hydrogen) atoms. The quantitative estimate of drug-likeness (QED) is 0.355. The molecule has 1 amide bonds. The van der Waals surface area contributed by atoms with E-state index in [0.717, 1.165) is 6.07 Å². The minimum Gasteiger partial charge on any atom is -0.452 e. The monoisotopic (exact) mass is 309 g/mol. The van der Waals surface area contributed by atoms with Gasteiger partial charge in [-0.05, 0) is 25.0 Å². The van der Waals surface area contributed by atoms with Crippen molar-refractivity contribution in [2.24, 2.45) is 5.92 Å². The molecule has 0 saturated carbocycles. The van der Waals surface area contributed by atoms with Gasteiger partial charge in [0.2, 0.25) is 0 Å². The molecule has 1 rings (SSSR count). The summed E-state index contributed by atoms with van der Waals surface area (Å²) in [4.78, 5) is 33.5. The van der Waals surface area contributed by atoms with Crippen LogP contribution < -0.4 is 11.1 Å². The molecule has 0 aliphatic heterocycles. The Morgan fingerprint density at radius 3 is 2.55 bits per heavy atom. The maximum absolute atomic E-state index is 11.8. The molecule has 0 saturated heterocycles. The SMILES string of the molecule is CC(C)[C@H](C)NC(=O)COC(=O)c1ccc(N)c([N+](=O)[O-])c1. The molecule has 3 N–H and O–H groups in total. The number of carbonyl (C=O) groups is 2. The van der Waals surface area contributed by atoms with E-state index >= 15 is 0 Å². The fourth-order valence-electron chi connectivity index (χ4n) is 1.51. The van der Waals surface area contributed by atoms with Gasteiger partial charge in [0.15, 0.2) is 6.61 Å². The summed E-state index contributed by atoms with van der Waals surface area (Å²) in [6.07, 6.45) is 0. The first-order valence-corrected chi connectivity index (χ1v) is 6.72. The van der Waals surface area contributed by atoms with Crippen LogP contribution in [-0.4, -0.2) is 29.4 Å². The third-order valence-corrected chi connectivity index (χ3v) is 3.19. The van der Waals surface area contributed by atoms with Gasteiger partial charge in [-0.25, -0.2) is 4.79 Å². The van der Waals surface area contributed by atoms with Crippen LogP contribution in [0.1, 0.15) is 31.1 Å². The zero-order valence-electron chi connectivity index (χ0n) is 12.7. The fraction of sp³-hybridized carbons (Fsp3) is 0.429. The van der Waals surface area contributed by atoms with Gasteiger partial charge in [0.1, 0.15) is 5.69 Å². The van der Waals surface area contributed by atoms with Gasteiger partial charge in [-0.2, -0.15) is 0 Å². The van der Waals surface area contributed by atoms with E-state index in [2.05, 4.69) is 5.32 Å². The largest absolute Gasteiger partial charge is 0.452 e. The van der Waals surface area contributed by atoms with E-state index in [9.17, 15) is 19.7 Å². The van der Waals surface area contributed by atoms with Crippen LogP contribution in [0.3, 0.4) is 0 Å². The number of nitrogens with two attached hydrogens (primary N) is 1. The van der Waals surface area contributed by atoms with Crippen molar-refractivity contribution in [1.29, 1.82) is 0 Å². The lowest BCUT2D eigenvalue weighted by atomic mass is 10.1. The maximum atomic E-state index is 11.8. The van der Waals surface area contributed by atoms with Gasteiger partial charge in [-0.3, -0.25) is 14.9 Å². The van der Waals surface area contributed by atoms with Gasteiger partial charge in [0.05, 0.1) is 10.5 Å². The van der Waals surface area contributed by atoms with Gasteiger partial charge < -0.3 is 15.8 Å². The summed E-state index contributed by atoms with van der Waals surface area (Å²) in [5, 5.41) is 13.4. The molecule has 0 unspecified atom stereocenters. The van der Waals surface area contributed by atoms with Crippen LogP contribution in [0.4, 0.5) is 11.4 Å². The van der Waals surface area contributed by atoms with Crippen molar-refractivity contribution < 1.29 is 19.2 Å². The highest BCUT2D eigenvalue weighted by atomic mass is 16.6. The molecule has 1 atom stereocenters. The molecule has 0 spiro atoms. The predicted octanol–water partition coefficient (Wildman–Crippen LogP) is 1.49. The maximum Gasteiger partial charge on any atom is 0.338 e. The second kappa shape index (κ2) is 7.39. The molecular weight excluding hydrogens is 290 g/mol. The lowest BCUT2D eigenvalue weighted by Crippen LogP contribution is -2.38. The molecule has 0 radical (unpaired) electrons. The summed E-state index contributed by atoms with van der Waals surface area (Å²) in [5.74, 6) is -1.01. The molecular formula is C14H19N3O5. The van der Waals surface area contributed by atoms with Crippen LogP contribution in [-0.2, 0) is 9.53 Å². The zero-order valence-corrected chi connectivity index (χ0v) is 12.7. The second-order valence-corrected chi connectivity index (χ2v) is 5.21. The normalized spacial score (nSPS) is 11.8. The van der Waals surface area contributed by atoms with Crippen LogP contribution in [0, 0.1) is 16.0 Å². The van der Waals surface area contributed by atoms with Crippen LogP contribution in [0.15, 0.2) is 18.2 Å². The summed E-state index contributed by atoms with van der Waals surface area (Å²) in [5.41, 5.74) is 4.97. The van der Waals surface area contributed by atoms with Gasteiger partial charge >= 0.3 is 5.97 Å². The number of rotatable bonds is 6. The van der Waals surface area contributed by atoms with Crippen LogP contribution >= 0.6 is 0 Å². The number of carbonyl (C=O) groups excluding carboxylic acids is 2. The van der Waals surface area contributed by atoms with E-state index in [1.807, 2.05) is 20.8 Å². The number of nitrogens with one attached hydrogen (secondary N) is 1. The average molecular weight is 309 g/mol. The lowest BCUT2D eigenvalue weighted by Gasteiger charge is -2.17. The van der Waals surface area contributed by atoms with Crippen molar-refractivity contribution in [2.45, 2.75) is 26.8 Å². The number of hydrogen-bond donors (Lipinski definition) is 2.